The number of benzene rings is 2. The molecule has 0 nitrogen and oxygen atoms in total. The van der Waals surface area contributed by atoms with Gasteiger partial charge in [-0.3, -0.25) is 0 Å². The molecule has 0 saturated carbocycles. The molecule has 3 rings (SSSR count). The predicted molar refractivity (Wildman–Crippen MR) is 51.2 cm³/mol. The summed E-state index contributed by atoms with van der Waals surface area (Å²) in [5.74, 6) is -2.80. The van der Waals surface area contributed by atoms with Crippen molar-refractivity contribution in [2.45, 2.75) is 5.92 Å². The van der Waals surface area contributed by atoms with Crippen molar-refractivity contribution in [1.82, 2.24) is 0 Å². The third-order valence-electron chi connectivity index (χ3n) is 2.63. The van der Waals surface area contributed by atoms with Crippen molar-refractivity contribution in [3.63, 3.8) is 0 Å². The summed E-state index contributed by atoms with van der Waals surface area (Å²) in [6.45, 7) is 0. The average molecular weight is 189 g/mol. The van der Waals surface area contributed by atoms with Gasteiger partial charge in [-0.2, -0.15) is 0 Å². The first-order valence-corrected chi connectivity index (χ1v) is 4.44. The monoisotopic (exact) mass is 189 g/mol. The molecule has 0 unspecified atom stereocenters. The van der Waals surface area contributed by atoms with E-state index in [1.165, 1.54) is 6.07 Å². The number of hydrogen-bond donors (Lipinski definition) is 0. The Morgan fingerprint density at radius 2 is 1.64 bits per heavy atom. The molecule has 0 N–H and O–H groups in total. The Hall–Kier alpha value is -1.44. The minimum absolute atomic E-state index is 0.130. The number of hydrogen-bond acceptors (Lipinski definition) is 0. The van der Waals surface area contributed by atoms with Gasteiger partial charge in [-0.15, -0.1) is 0 Å². The Balaban J connectivity index is 2.50. The zero-order valence-corrected chi connectivity index (χ0v) is 7.30. The molecule has 2 aromatic carbocycles. The van der Waals surface area contributed by atoms with Crippen LogP contribution in [0.3, 0.4) is 0 Å². The SMILES string of the molecule is FC1(F)[CH]c2cccc3cccc1c23. The summed E-state index contributed by atoms with van der Waals surface area (Å²) in [6, 6.07) is 10.4. The second-order valence-electron chi connectivity index (χ2n) is 3.52. The van der Waals surface area contributed by atoms with Crippen LogP contribution < -0.4 is 0 Å². The molecule has 1 radical (unpaired) electrons. The Kier molecular flexibility index (Phi) is 1.31. The molecule has 0 fully saturated rings. The van der Waals surface area contributed by atoms with Crippen molar-refractivity contribution >= 4 is 10.8 Å². The quantitative estimate of drug-likeness (QED) is 0.595. The van der Waals surface area contributed by atoms with Gasteiger partial charge in [0.1, 0.15) is 0 Å². The first kappa shape index (κ1) is 7.92. The molecule has 0 aliphatic heterocycles. The van der Waals surface area contributed by atoms with E-state index in [4.69, 9.17) is 0 Å². The third kappa shape index (κ3) is 0.857. The molecule has 1 aliphatic rings. The molecule has 2 heteroatoms. The Bertz CT molecular complexity index is 509. The minimum atomic E-state index is -2.80. The molecule has 14 heavy (non-hydrogen) atoms. The predicted octanol–water partition coefficient (Wildman–Crippen LogP) is 3.50. The van der Waals surface area contributed by atoms with Gasteiger partial charge in [-0.25, -0.2) is 8.78 Å². The summed E-state index contributed by atoms with van der Waals surface area (Å²) in [5, 5.41) is 1.58. The van der Waals surface area contributed by atoms with Gasteiger partial charge in [0, 0.05) is 5.56 Å². The van der Waals surface area contributed by atoms with Crippen LogP contribution in [-0.2, 0) is 5.92 Å². The van der Waals surface area contributed by atoms with Crippen LogP contribution in [0.4, 0.5) is 8.78 Å². The fourth-order valence-electron chi connectivity index (χ4n) is 2.04. The minimum Gasteiger partial charge on any atom is -0.201 e. The molecular formula is C12H7F2. The first-order chi connectivity index (χ1) is 6.68. The van der Waals surface area contributed by atoms with E-state index in [0.717, 1.165) is 11.8 Å². The lowest BCUT2D eigenvalue weighted by atomic mass is 10.1. The van der Waals surface area contributed by atoms with Crippen molar-refractivity contribution < 1.29 is 8.78 Å². The molecule has 1 aliphatic carbocycles. The van der Waals surface area contributed by atoms with E-state index in [9.17, 15) is 8.78 Å². The van der Waals surface area contributed by atoms with Crippen molar-refractivity contribution in [2.24, 2.45) is 0 Å². The van der Waals surface area contributed by atoms with Gasteiger partial charge < -0.3 is 0 Å². The van der Waals surface area contributed by atoms with E-state index < -0.39 is 5.92 Å². The zero-order chi connectivity index (χ0) is 9.76. The summed E-state index contributed by atoms with van der Waals surface area (Å²) in [7, 11) is 0. The van der Waals surface area contributed by atoms with Crippen molar-refractivity contribution in [2.75, 3.05) is 0 Å². The van der Waals surface area contributed by atoms with Gasteiger partial charge >= 0.3 is 0 Å². The molecule has 2 aromatic rings. The summed E-state index contributed by atoms with van der Waals surface area (Å²) in [6.07, 6.45) is 1.03. The second kappa shape index (κ2) is 2.32. The maximum absolute atomic E-state index is 13.5. The lowest BCUT2D eigenvalue weighted by Crippen LogP contribution is -2.08. The van der Waals surface area contributed by atoms with Crippen LogP contribution in [-0.4, -0.2) is 0 Å². The van der Waals surface area contributed by atoms with Crippen LogP contribution in [0.5, 0.6) is 0 Å². The summed E-state index contributed by atoms with van der Waals surface area (Å²) in [5.41, 5.74) is 0.772. The van der Waals surface area contributed by atoms with Crippen molar-refractivity contribution in [3.8, 4) is 0 Å². The van der Waals surface area contributed by atoms with E-state index >= 15 is 0 Å². The summed E-state index contributed by atoms with van der Waals surface area (Å²) < 4.78 is 26.9. The van der Waals surface area contributed by atoms with E-state index in [-0.39, 0.29) is 5.56 Å². The molecule has 0 aromatic heterocycles. The van der Waals surface area contributed by atoms with Crippen LogP contribution in [0.2, 0.25) is 0 Å². The van der Waals surface area contributed by atoms with E-state index in [2.05, 4.69) is 0 Å². The van der Waals surface area contributed by atoms with Crippen LogP contribution in [0.25, 0.3) is 10.8 Å². The number of rotatable bonds is 0. The standard InChI is InChI=1S/C12H7F2/c13-12(14)7-9-5-1-3-8-4-2-6-10(12)11(8)9/h1-7H. The molecule has 0 spiro atoms. The van der Waals surface area contributed by atoms with Gasteiger partial charge in [0.15, 0.2) is 0 Å². The largest absolute Gasteiger partial charge is 0.281 e. The van der Waals surface area contributed by atoms with Gasteiger partial charge in [0.25, 0.3) is 5.92 Å². The van der Waals surface area contributed by atoms with Crippen LogP contribution in [0, 0.1) is 6.42 Å². The maximum atomic E-state index is 13.5. The van der Waals surface area contributed by atoms with Crippen LogP contribution in [0.1, 0.15) is 11.1 Å². The topological polar surface area (TPSA) is 0 Å². The first-order valence-electron chi connectivity index (χ1n) is 4.44. The zero-order valence-electron chi connectivity index (χ0n) is 7.30. The highest BCUT2D eigenvalue weighted by atomic mass is 19.3. The van der Waals surface area contributed by atoms with E-state index in [1.54, 1.807) is 18.2 Å². The fourth-order valence-corrected chi connectivity index (χ4v) is 2.04. The number of alkyl halides is 2. The van der Waals surface area contributed by atoms with Gasteiger partial charge in [-0.1, -0.05) is 36.4 Å². The average Bonchev–Trinajstić information content (AvgIpc) is 2.41. The van der Waals surface area contributed by atoms with Gasteiger partial charge in [-0.05, 0) is 16.3 Å². The highest BCUT2D eigenvalue weighted by Gasteiger charge is 2.40. The molecule has 0 bridgehead atoms. The maximum Gasteiger partial charge on any atom is 0.281 e. The molecule has 0 amide bonds. The van der Waals surface area contributed by atoms with Crippen LogP contribution in [0.15, 0.2) is 36.4 Å². The molecule has 0 atom stereocenters. The normalized spacial score (nSPS) is 17.6. The smallest absolute Gasteiger partial charge is 0.201 e. The molecule has 69 valence electrons. The summed E-state index contributed by atoms with van der Waals surface area (Å²) in [4.78, 5) is 0. The highest BCUT2D eigenvalue weighted by Crippen LogP contribution is 2.45. The van der Waals surface area contributed by atoms with E-state index in [0.29, 0.717) is 10.9 Å². The molecular weight excluding hydrogens is 182 g/mol. The van der Waals surface area contributed by atoms with Crippen molar-refractivity contribution in [3.05, 3.63) is 53.9 Å². The molecule has 0 heterocycles. The Morgan fingerprint density at radius 3 is 2.43 bits per heavy atom. The fraction of sp³-hybridized carbons (Fsp3) is 0.0833. The Morgan fingerprint density at radius 1 is 0.929 bits per heavy atom. The van der Waals surface area contributed by atoms with Gasteiger partial charge in [0.05, 0.1) is 6.42 Å². The molecule has 0 saturated heterocycles. The second-order valence-corrected chi connectivity index (χ2v) is 3.52. The summed E-state index contributed by atoms with van der Waals surface area (Å²) >= 11 is 0. The Labute approximate surface area is 80.2 Å². The van der Waals surface area contributed by atoms with E-state index in [1.807, 2.05) is 12.1 Å². The van der Waals surface area contributed by atoms with Crippen LogP contribution >= 0.6 is 0 Å². The number of halogens is 2. The lowest BCUT2D eigenvalue weighted by molar-refractivity contribution is 0.0425. The van der Waals surface area contributed by atoms with Gasteiger partial charge in [0.2, 0.25) is 0 Å². The van der Waals surface area contributed by atoms with Crippen molar-refractivity contribution in [1.29, 1.82) is 0 Å². The third-order valence-corrected chi connectivity index (χ3v) is 2.63. The lowest BCUT2D eigenvalue weighted by Gasteiger charge is -2.08. The highest BCUT2D eigenvalue weighted by molar-refractivity contribution is 5.93.